The van der Waals surface area contributed by atoms with E-state index in [9.17, 15) is 4.79 Å². The minimum Gasteiger partial charge on any atom is -0.341 e. The van der Waals surface area contributed by atoms with Crippen molar-refractivity contribution in [1.29, 1.82) is 0 Å². The number of nitrogens with one attached hydrogen (secondary N) is 1. The maximum absolute atomic E-state index is 12.0. The number of thioether (sulfide) groups is 1. The van der Waals surface area contributed by atoms with Crippen LogP contribution in [0.5, 0.6) is 0 Å². The smallest absolute Gasteiger partial charge is 0.226 e. The summed E-state index contributed by atoms with van der Waals surface area (Å²) in [5.74, 6) is 1.42. The fourth-order valence-electron chi connectivity index (χ4n) is 2.05. The molecule has 0 aromatic rings. The second kappa shape index (κ2) is 8.20. The normalized spacial score (nSPS) is 22.4. The van der Waals surface area contributed by atoms with Crippen molar-refractivity contribution in [2.45, 2.75) is 25.8 Å². The molecule has 0 bridgehead atoms. The van der Waals surface area contributed by atoms with E-state index in [1.807, 2.05) is 18.9 Å². The molecule has 3 nitrogen and oxygen atoms in total. The van der Waals surface area contributed by atoms with Gasteiger partial charge in [-0.2, -0.15) is 11.8 Å². The van der Waals surface area contributed by atoms with E-state index in [-0.39, 0.29) is 18.3 Å². The van der Waals surface area contributed by atoms with Crippen LogP contribution in [0.4, 0.5) is 0 Å². The number of likely N-dealkylation sites (tertiary alicyclic amines) is 1. The van der Waals surface area contributed by atoms with Gasteiger partial charge in [-0.3, -0.25) is 4.79 Å². The van der Waals surface area contributed by atoms with Crippen molar-refractivity contribution in [3.05, 3.63) is 0 Å². The lowest BCUT2D eigenvalue weighted by atomic mass is 10.0. The second-order valence-electron chi connectivity index (χ2n) is 4.27. The number of carbonyl (C=O) groups excluding carboxylic acids is 1. The summed E-state index contributed by atoms with van der Waals surface area (Å²) in [6.45, 7) is 3.85. The van der Waals surface area contributed by atoms with Gasteiger partial charge in [0.1, 0.15) is 0 Å². The van der Waals surface area contributed by atoms with Gasteiger partial charge in [0.15, 0.2) is 0 Å². The number of piperidine rings is 1. The summed E-state index contributed by atoms with van der Waals surface area (Å²) in [5, 5.41) is 3.26. The van der Waals surface area contributed by atoms with Crippen molar-refractivity contribution in [2.24, 2.45) is 5.92 Å². The highest BCUT2D eigenvalue weighted by atomic mass is 35.5. The van der Waals surface area contributed by atoms with E-state index >= 15 is 0 Å². The summed E-state index contributed by atoms with van der Waals surface area (Å²) in [6.07, 6.45) is 4.37. The van der Waals surface area contributed by atoms with Crippen LogP contribution in [0.25, 0.3) is 0 Å². The molecule has 2 unspecified atom stereocenters. The predicted molar refractivity (Wildman–Crippen MR) is 73.5 cm³/mol. The first-order valence-corrected chi connectivity index (χ1v) is 7.03. The average molecular weight is 267 g/mol. The van der Waals surface area contributed by atoms with Gasteiger partial charge in [-0.1, -0.05) is 6.92 Å². The molecule has 16 heavy (non-hydrogen) atoms. The number of nitrogens with zero attached hydrogens (tertiary/aromatic N) is 1. The number of rotatable bonds is 4. The van der Waals surface area contributed by atoms with Crippen LogP contribution in [0.2, 0.25) is 0 Å². The maximum Gasteiger partial charge on any atom is 0.226 e. The van der Waals surface area contributed by atoms with Crippen molar-refractivity contribution in [2.75, 3.05) is 32.1 Å². The molecule has 0 radical (unpaired) electrons. The molecule has 1 aliphatic rings. The molecule has 5 heteroatoms. The standard InChI is InChI=1S/C11H22N2OS.ClH/c1-9(8-15-3)11(14)13-6-4-5-10(7-13)12-2;/h9-10,12H,4-8H2,1-3H3;1H. The Bertz CT molecular complexity index is 216. The summed E-state index contributed by atoms with van der Waals surface area (Å²) in [4.78, 5) is 14.1. The van der Waals surface area contributed by atoms with Crippen molar-refractivity contribution in [3.8, 4) is 0 Å². The van der Waals surface area contributed by atoms with Gasteiger partial charge >= 0.3 is 0 Å². The second-order valence-corrected chi connectivity index (χ2v) is 5.18. The molecule has 0 saturated carbocycles. The lowest BCUT2D eigenvalue weighted by molar-refractivity contribution is -0.135. The molecule has 0 aromatic carbocycles. The molecule has 1 N–H and O–H groups in total. The Morgan fingerprint density at radius 2 is 2.31 bits per heavy atom. The average Bonchev–Trinajstić information content (AvgIpc) is 2.28. The molecule has 1 aliphatic heterocycles. The first-order valence-electron chi connectivity index (χ1n) is 5.64. The zero-order valence-electron chi connectivity index (χ0n) is 10.4. The summed E-state index contributed by atoms with van der Waals surface area (Å²) >= 11 is 1.75. The van der Waals surface area contributed by atoms with E-state index in [1.54, 1.807) is 11.8 Å². The van der Waals surface area contributed by atoms with E-state index in [0.29, 0.717) is 11.9 Å². The number of likely N-dealkylation sites (N-methyl/N-ethyl adjacent to an activating group) is 1. The topological polar surface area (TPSA) is 32.3 Å². The first-order chi connectivity index (χ1) is 7.19. The van der Waals surface area contributed by atoms with Gasteiger partial charge in [0.25, 0.3) is 0 Å². The van der Waals surface area contributed by atoms with Crippen LogP contribution in [-0.4, -0.2) is 49.0 Å². The minimum absolute atomic E-state index is 0. The van der Waals surface area contributed by atoms with Crippen molar-refractivity contribution in [3.63, 3.8) is 0 Å². The van der Waals surface area contributed by atoms with Gasteiger partial charge in [0, 0.05) is 30.8 Å². The number of hydrogen-bond acceptors (Lipinski definition) is 3. The predicted octanol–water partition coefficient (Wildman–Crippen LogP) is 1.62. The highest BCUT2D eigenvalue weighted by Gasteiger charge is 2.25. The summed E-state index contributed by atoms with van der Waals surface area (Å²) < 4.78 is 0. The van der Waals surface area contributed by atoms with E-state index in [2.05, 4.69) is 11.6 Å². The van der Waals surface area contributed by atoms with Crippen molar-refractivity contribution in [1.82, 2.24) is 10.2 Å². The van der Waals surface area contributed by atoms with Crippen LogP contribution >= 0.6 is 24.2 Å². The first kappa shape index (κ1) is 16.1. The lowest BCUT2D eigenvalue weighted by Crippen LogP contribution is -2.48. The number of amides is 1. The van der Waals surface area contributed by atoms with Gasteiger partial charge in [-0.05, 0) is 26.1 Å². The van der Waals surface area contributed by atoms with Gasteiger partial charge in [0.05, 0.1) is 0 Å². The largest absolute Gasteiger partial charge is 0.341 e. The summed E-state index contributed by atoms with van der Waals surface area (Å²) in [5.41, 5.74) is 0. The zero-order valence-corrected chi connectivity index (χ0v) is 12.0. The van der Waals surface area contributed by atoms with Gasteiger partial charge in [-0.15, -0.1) is 12.4 Å². The molecule has 0 aliphatic carbocycles. The highest BCUT2D eigenvalue weighted by molar-refractivity contribution is 7.98. The van der Waals surface area contributed by atoms with Crippen molar-refractivity contribution >= 4 is 30.1 Å². The maximum atomic E-state index is 12.0. The molecule has 96 valence electrons. The molecular weight excluding hydrogens is 244 g/mol. The Balaban J connectivity index is 0.00000225. The van der Waals surface area contributed by atoms with Crippen LogP contribution in [0.3, 0.4) is 0 Å². The van der Waals surface area contributed by atoms with Crippen LogP contribution in [0.1, 0.15) is 19.8 Å². The number of halogens is 1. The SMILES string of the molecule is CNC1CCCN(C(=O)C(C)CSC)C1.Cl. The molecule has 0 spiro atoms. The van der Waals surface area contributed by atoms with Gasteiger partial charge in [-0.25, -0.2) is 0 Å². The minimum atomic E-state index is 0. The molecule has 1 fully saturated rings. The molecule has 1 heterocycles. The highest BCUT2D eigenvalue weighted by Crippen LogP contribution is 2.15. The van der Waals surface area contributed by atoms with E-state index in [4.69, 9.17) is 0 Å². The quantitative estimate of drug-likeness (QED) is 0.839. The monoisotopic (exact) mass is 266 g/mol. The molecule has 1 saturated heterocycles. The molecule has 2 atom stereocenters. The third-order valence-corrected chi connectivity index (χ3v) is 3.81. The van der Waals surface area contributed by atoms with Crippen LogP contribution in [-0.2, 0) is 4.79 Å². The third kappa shape index (κ3) is 4.52. The fraction of sp³-hybridized carbons (Fsp3) is 0.909. The summed E-state index contributed by atoms with van der Waals surface area (Å²) in [6, 6.07) is 0.490. The Hall–Kier alpha value is 0.0700. The Labute approximate surface area is 109 Å². The Morgan fingerprint density at radius 3 is 2.88 bits per heavy atom. The summed E-state index contributed by atoms with van der Waals surface area (Å²) in [7, 11) is 1.98. The molecule has 1 amide bonds. The van der Waals surface area contributed by atoms with Gasteiger partial charge in [0.2, 0.25) is 5.91 Å². The van der Waals surface area contributed by atoms with Crippen LogP contribution in [0, 0.1) is 5.92 Å². The van der Waals surface area contributed by atoms with E-state index in [1.165, 1.54) is 6.42 Å². The van der Waals surface area contributed by atoms with Crippen molar-refractivity contribution < 1.29 is 4.79 Å². The Morgan fingerprint density at radius 1 is 1.62 bits per heavy atom. The fourth-order valence-corrected chi connectivity index (χ4v) is 2.69. The lowest BCUT2D eigenvalue weighted by Gasteiger charge is -2.34. The number of carbonyl (C=O) groups is 1. The third-order valence-electron chi connectivity index (χ3n) is 2.98. The zero-order chi connectivity index (χ0) is 11.3. The van der Waals surface area contributed by atoms with E-state index < -0.39 is 0 Å². The van der Waals surface area contributed by atoms with Gasteiger partial charge < -0.3 is 10.2 Å². The number of hydrogen-bond donors (Lipinski definition) is 1. The van der Waals surface area contributed by atoms with E-state index in [0.717, 1.165) is 25.3 Å². The Kier molecular flexibility index (Phi) is 8.24. The van der Waals surface area contributed by atoms with Crippen LogP contribution in [0.15, 0.2) is 0 Å². The van der Waals surface area contributed by atoms with Crippen LogP contribution < -0.4 is 5.32 Å². The molecular formula is C11H23ClN2OS. The molecule has 0 aromatic heterocycles. The molecule has 1 rings (SSSR count).